The number of hydrogen-bond donors (Lipinski definition) is 1. The van der Waals surface area contributed by atoms with Crippen LogP contribution >= 0.6 is 28.1 Å². The molecule has 0 unspecified atom stereocenters. The molecule has 2 amide bonds. The predicted octanol–water partition coefficient (Wildman–Crippen LogP) is 3.43. The maximum atomic E-state index is 12.5. The molecule has 138 valence electrons. The minimum Gasteiger partial charge on any atom is -0.486 e. The molecule has 1 saturated heterocycles. The van der Waals surface area contributed by atoms with Crippen LogP contribution in [0.2, 0.25) is 0 Å². The molecular formula is C19H15BrN2O4S. The van der Waals surface area contributed by atoms with Gasteiger partial charge >= 0.3 is 0 Å². The van der Waals surface area contributed by atoms with Crippen LogP contribution in [0.25, 0.3) is 6.08 Å². The Bertz CT molecular complexity index is 933. The highest BCUT2D eigenvalue weighted by atomic mass is 79.9. The van der Waals surface area contributed by atoms with Gasteiger partial charge < -0.3 is 9.15 Å². The maximum absolute atomic E-state index is 12.5. The number of amides is 2. The number of thiocarbonyl (C=S) groups is 1. The second-order valence-electron chi connectivity index (χ2n) is 5.57. The van der Waals surface area contributed by atoms with Gasteiger partial charge in [0.05, 0.1) is 0 Å². The fourth-order valence-corrected chi connectivity index (χ4v) is 2.88. The Kier molecular flexibility index (Phi) is 5.88. The molecule has 0 bridgehead atoms. The number of ether oxygens (including phenoxy) is 1. The second-order valence-corrected chi connectivity index (χ2v) is 6.87. The van der Waals surface area contributed by atoms with Gasteiger partial charge in [-0.25, -0.2) is 0 Å². The van der Waals surface area contributed by atoms with Crippen molar-refractivity contribution in [3.05, 3.63) is 70.6 Å². The summed E-state index contributed by atoms with van der Waals surface area (Å²) in [6.07, 6.45) is 2.92. The van der Waals surface area contributed by atoms with Crippen LogP contribution in [0.3, 0.4) is 0 Å². The van der Waals surface area contributed by atoms with Crippen LogP contribution in [0.1, 0.15) is 11.5 Å². The van der Waals surface area contributed by atoms with E-state index < -0.39 is 11.8 Å². The Balaban J connectivity index is 1.72. The summed E-state index contributed by atoms with van der Waals surface area (Å²) in [6.45, 7) is 4.01. The van der Waals surface area contributed by atoms with Gasteiger partial charge in [-0.1, -0.05) is 22.0 Å². The van der Waals surface area contributed by atoms with Gasteiger partial charge in [-0.05, 0) is 54.7 Å². The highest BCUT2D eigenvalue weighted by Crippen LogP contribution is 2.20. The van der Waals surface area contributed by atoms with Crippen LogP contribution in [0.4, 0.5) is 0 Å². The Hall–Kier alpha value is -2.71. The monoisotopic (exact) mass is 446 g/mol. The van der Waals surface area contributed by atoms with Crippen LogP contribution in [0.5, 0.6) is 5.75 Å². The number of carbonyl (C=O) groups is 2. The number of rotatable bonds is 6. The third kappa shape index (κ3) is 4.53. The third-order valence-corrected chi connectivity index (χ3v) is 4.51. The Morgan fingerprint density at radius 3 is 2.67 bits per heavy atom. The topological polar surface area (TPSA) is 71.8 Å². The fraction of sp³-hybridized carbons (Fsp3) is 0.105. The van der Waals surface area contributed by atoms with Gasteiger partial charge in [-0.3, -0.25) is 19.8 Å². The van der Waals surface area contributed by atoms with E-state index in [1.54, 1.807) is 12.1 Å². The molecule has 1 aliphatic heterocycles. The number of hydrogen-bond acceptors (Lipinski definition) is 5. The highest BCUT2D eigenvalue weighted by Gasteiger charge is 2.32. The summed E-state index contributed by atoms with van der Waals surface area (Å²) in [5.41, 5.74) is -0.0554. The number of nitrogens with zero attached hydrogens (tertiary/aromatic N) is 1. The van der Waals surface area contributed by atoms with Crippen molar-refractivity contribution in [3.63, 3.8) is 0 Å². The minimum atomic E-state index is -0.561. The summed E-state index contributed by atoms with van der Waals surface area (Å²) in [6, 6.07) is 10.8. The van der Waals surface area contributed by atoms with E-state index >= 15 is 0 Å². The molecule has 2 heterocycles. The van der Waals surface area contributed by atoms with Gasteiger partial charge in [0.25, 0.3) is 11.8 Å². The molecule has 0 aliphatic carbocycles. The summed E-state index contributed by atoms with van der Waals surface area (Å²) in [5.74, 6) is 0.577. The van der Waals surface area contributed by atoms with Gasteiger partial charge in [0, 0.05) is 11.0 Å². The van der Waals surface area contributed by atoms with Crippen molar-refractivity contribution in [2.24, 2.45) is 0 Å². The van der Waals surface area contributed by atoms with E-state index in [-0.39, 0.29) is 23.8 Å². The second kappa shape index (κ2) is 8.32. The molecule has 0 radical (unpaired) electrons. The number of nitrogens with one attached hydrogen (secondary N) is 1. The molecule has 27 heavy (non-hydrogen) atoms. The molecular weight excluding hydrogens is 432 g/mol. The summed E-state index contributed by atoms with van der Waals surface area (Å²) in [4.78, 5) is 25.8. The average Bonchev–Trinajstić information content (AvgIpc) is 3.09. The molecule has 0 spiro atoms. The number of halogens is 1. The zero-order valence-electron chi connectivity index (χ0n) is 14.1. The first-order valence-electron chi connectivity index (χ1n) is 7.95. The van der Waals surface area contributed by atoms with Crippen LogP contribution in [0.15, 0.2) is 63.5 Å². The predicted molar refractivity (Wildman–Crippen MR) is 108 cm³/mol. The van der Waals surface area contributed by atoms with E-state index in [0.717, 1.165) is 4.47 Å². The van der Waals surface area contributed by atoms with Crippen LogP contribution in [0, 0.1) is 0 Å². The number of benzene rings is 1. The number of furan rings is 1. The first kappa shape index (κ1) is 19.1. The standard InChI is InChI=1S/C19H15BrN2O4S/c1-2-9-22-18(24)16(17(23)21-19(22)27)10-14-7-8-15(26-14)11-25-13-5-3-12(20)4-6-13/h2-8,10H,1,9,11H2,(H,21,23,27). The molecule has 6 nitrogen and oxygen atoms in total. The first-order valence-corrected chi connectivity index (χ1v) is 9.15. The average molecular weight is 447 g/mol. The van der Waals surface area contributed by atoms with Crippen molar-refractivity contribution in [2.45, 2.75) is 6.61 Å². The molecule has 8 heteroatoms. The highest BCUT2D eigenvalue weighted by molar-refractivity contribution is 9.10. The summed E-state index contributed by atoms with van der Waals surface area (Å²) < 4.78 is 12.2. The lowest BCUT2D eigenvalue weighted by molar-refractivity contribution is -0.128. The molecule has 1 aromatic heterocycles. The lowest BCUT2D eigenvalue weighted by Crippen LogP contribution is -2.53. The van der Waals surface area contributed by atoms with E-state index in [9.17, 15) is 9.59 Å². The maximum Gasteiger partial charge on any atom is 0.266 e. The summed E-state index contributed by atoms with van der Waals surface area (Å²) in [7, 11) is 0. The van der Waals surface area contributed by atoms with E-state index in [2.05, 4.69) is 27.8 Å². The van der Waals surface area contributed by atoms with E-state index in [4.69, 9.17) is 21.4 Å². The quantitative estimate of drug-likeness (QED) is 0.318. The van der Waals surface area contributed by atoms with Crippen LogP contribution in [-0.4, -0.2) is 28.4 Å². The molecule has 0 saturated carbocycles. The molecule has 3 rings (SSSR count). The SMILES string of the molecule is C=CCN1C(=O)C(=Cc2ccc(COc3ccc(Br)cc3)o2)C(=O)NC1=S. The van der Waals surface area contributed by atoms with Gasteiger partial charge in [0.2, 0.25) is 0 Å². The Morgan fingerprint density at radius 1 is 1.22 bits per heavy atom. The lowest BCUT2D eigenvalue weighted by atomic mass is 10.1. The molecule has 0 atom stereocenters. The lowest BCUT2D eigenvalue weighted by Gasteiger charge is -2.27. The van der Waals surface area contributed by atoms with Crippen molar-refractivity contribution in [2.75, 3.05) is 6.54 Å². The van der Waals surface area contributed by atoms with Crippen molar-refractivity contribution in [1.82, 2.24) is 10.2 Å². The van der Waals surface area contributed by atoms with Gasteiger partial charge in [-0.2, -0.15) is 0 Å². The van der Waals surface area contributed by atoms with Crippen molar-refractivity contribution in [3.8, 4) is 5.75 Å². The zero-order valence-corrected chi connectivity index (χ0v) is 16.5. The normalized spacial score (nSPS) is 15.8. The molecule has 1 fully saturated rings. The van der Waals surface area contributed by atoms with Crippen LogP contribution in [-0.2, 0) is 16.2 Å². The number of carbonyl (C=O) groups excluding carboxylic acids is 2. The van der Waals surface area contributed by atoms with E-state index in [0.29, 0.717) is 17.3 Å². The van der Waals surface area contributed by atoms with Crippen LogP contribution < -0.4 is 10.1 Å². The minimum absolute atomic E-state index is 0.0554. The van der Waals surface area contributed by atoms with E-state index in [1.807, 2.05) is 24.3 Å². The first-order chi connectivity index (χ1) is 13.0. The van der Waals surface area contributed by atoms with Gasteiger partial charge in [-0.15, -0.1) is 6.58 Å². The Labute approximate surface area is 169 Å². The molecule has 1 aliphatic rings. The summed E-state index contributed by atoms with van der Waals surface area (Å²) >= 11 is 8.37. The Morgan fingerprint density at radius 2 is 1.96 bits per heavy atom. The molecule has 1 aromatic carbocycles. The zero-order chi connectivity index (χ0) is 19.4. The molecule has 2 aromatic rings. The summed E-state index contributed by atoms with van der Waals surface area (Å²) in [5, 5.41) is 2.54. The van der Waals surface area contributed by atoms with E-state index in [1.165, 1.54) is 17.1 Å². The van der Waals surface area contributed by atoms with Gasteiger partial charge in [0.15, 0.2) is 5.11 Å². The fourth-order valence-electron chi connectivity index (χ4n) is 2.37. The van der Waals surface area contributed by atoms with Gasteiger partial charge in [0.1, 0.15) is 29.4 Å². The van der Waals surface area contributed by atoms with Crippen molar-refractivity contribution >= 4 is 51.2 Å². The van der Waals surface area contributed by atoms with Crippen molar-refractivity contribution < 1.29 is 18.7 Å². The van der Waals surface area contributed by atoms with Crippen molar-refractivity contribution in [1.29, 1.82) is 0 Å². The molecule has 1 N–H and O–H groups in total. The third-order valence-electron chi connectivity index (χ3n) is 3.66. The smallest absolute Gasteiger partial charge is 0.266 e. The largest absolute Gasteiger partial charge is 0.486 e.